The summed E-state index contributed by atoms with van der Waals surface area (Å²) < 4.78 is 0. The molecule has 5 heteroatoms. The normalized spacial score (nSPS) is 15.4. The standard InChI is InChI=1S/C12H17N3O2/c16-8-2-7-15(10-3-1-4-10)12(17)11-9-13-5-6-14-11/h5-6,9-10,16H,1-4,7-8H2. The highest BCUT2D eigenvalue weighted by Crippen LogP contribution is 2.25. The lowest BCUT2D eigenvalue weighted by Crippen LogP contribution is -2.45. The van der Waals surface area contributed by atoms with Crippen molar-refractivity contribution < 1.29 is 9.90 Å². The molecular formula is C12H17N3O2. The van der Waals surface area contributed by atoms with E-state index in [4.69, 9.17) is 5.11 Å². The van der Waals surface area contributed by atoms with Crippen molar-refractivity contribution in [2.45, 2.75) is 31.7 Å². The topological polar surface area (TPSA) is 66.3 Å². The number of carbonyl (C=O) groups excluding carboxylic acids is 1. The van der Waals surface area contributed by atoms with Gasteiger partial charge in [-0.1, -0.05) is 0 Å². The van der Waals surface area contributed by atoms with E-state index in [1.165, 1.54) is 18.8 Å². The Morgan fingerprint density at radius 2 is 2.29 bits per heavy atom. The number of hydrogen-bond acceptors (Lipinski definition) is 4. The number of hydrogen-bond donors (Lipinski definition) is 1. The zero-order chi connectivity index (χ0) is 12.1. The van der Waals surface area contributed by atoms with E-state index in [0.717, 1.165) is 12.8 Å². The van der Waals surface area contributed by atoms with Crippen molar-refractivity contribution in [3.05, 3.63) is 24.3 Å². The smallest absolute Gasteiger partial charge is 0.274 e. The van der Waals surface area contributed by atoms with Gasteiger partial charge in [0, 0.05) is 31.6 Å². The Morgan fingerprint density at radius 1 is 1.47 bits per heavy atom. The van der Waals surface area contributed by atoms with Gasteiger partial charge in [0.1, 0.15) is 5.69 Å². The Labute approximate surface area is 100 Å². The molecule has 5 nitrogen and oxygen atoms in total. The van der Waals surface area contributed by atoms with Crippen LogP contribution in [0.5, 0.6) is 0 Å². The summed E-state index contributed by atoms with van der Waals surface area (Å²) in [5, 5.41) is 8.87. The van der Waals surface area contributed by atoms with Crippen molar-refractivity contribution >= 4 is 5.91 Å². The van der Waals surface area contributed by atoms with Crippen LogP contribution in [0.25, 0.3) is 0 Å². The molecule has 1 amide bonds. The van der Waals surface area contributed by atoms with Gasteiger partial charge in [-0.25, -0.2) is 4.98 Å². The Kier molecular flexibility index (Phi) is 4.03. The lowest BCUT2D eigenvalue weighted by atomic mass is 9.91. The van der Waals surface area contributed by atoms with Crippen LogP contribution in [0.2, 0.25) is 0 Å². The van der Waals surface area contributed by atoms with Gasteiger partial charge in [0.25, 0.3) is 5.91 Å². The maximum absolute atomic E-state index is 12.2. The zero-order valence-corrected chi connectivity index (χ0v) is 9.75. The van der Waals surface area contributed by atoms with Gasteiger partial charge in [-0.3, -0.25) is 9.78 Å². The molecule has 17 heavy (non-hydrogen) atoms. The molecule has 92 valence electrons. The number of rotatable bonds is 5. The van der Waals surface area contributed by atoms with Gasteiger partial charge in [-0.2, -0.15) is 0 Å². The maximum Gasteiger partial charge on any atom is 0.274 e. The lowest BCUT2D eigenvalue weighted by Gasteiger charge is -2.37. The van der Waals surface area contributed by atoms with Gasteiger partial charge >= 0.3 is 0 Å². The molecule has 0 unspecified atom stereocenters. The third kappa shape index (κ3) is 2.79. The van der Waals surface area contributed by atoms with E-state index in [1.807, 2.05) is 4.90 Å². The minimum absolute atomic E-state index is 0.0729. The predicted molar refractivity (Wildman–Crippen MR) is 62.4 cm³/mol. The third-order valence-corrected chi connectivity index (χ3v) is 3.12. The fraction of sp³-hybridized carbons (Fsp3) is 0.583. The summed E-state index contributed by atoms with van der Waals surface area (Å²) in [6.45, 7) is 0.702. The van der Waals surface area contributed by atoms with E-state index in [-0.39, 0.29) is 12.5 Å². The average Bonchev–Trinajstić information content (AvgIpc) is 2.32. The first-order chi connectivity index (χ1) is 8.33. The van der Waals surface area contributed by atoms with Crippen molar-refractivity contribution in [1.82, 2.24) is 14.9 Å². The summed E-state index contributed by atoms with van der Waals surface area (Å²) in [5.74, 6) is -0.0729. The molecule has 0 saturated heterocycles. The lowest BCUT2D eigenvalue weighted by molar-refractivity contribution is 0.0556. The van der Waals surface area contributed by atoms with E-state index >= 15 is 0 Å². The first-order valence-electron chi connectivity index (χ1n) is 6.01. The first-order valence-corrected chi connectivity index (χ1v) is 6.01. The van der Waals surface area contributed by atoms with Crippen LogP contribution in [0.1, 0.15) is 36.2 Å². The first kappa shape index (κ1) is 12.0. The van der Waals surface area contributed by atoms with E-state index in [9.17, 15) is 4.79 Å². The largest absolute Gasteiger partial charge is 0.396 e. The highest BCUT2D eigenvalue weighted by molar-refractivity contribution is 5.92. The van der Waals surface area contributed by atoms with Crippen LogP contribution in [-0.2, 0) is 0 Å². The highest BCUT2D eigenvalue weighted by atomic mass is 16.3. The van der Waals surface area contributed by atoms with Crippen molar-refractivity contribution in [3.8, 4) is 0 Å². The van der Waals surface area contributed by atoms with E-state index < -0.39 is 0 Å². The van der Waals surface area contributed by atoms with Crippen LogP contribution in [0.4, 0.5) is 0 Å². The quantitative estimate of drug-likeness (QED) is 0.821. The van der Waals surface area contributed by atoms with Crippen LogP contribution in [0, 0.1) is 0 Å². The monoisotopic (exact) mass is 235 g/mol. The molecule has 0 radical (unpaired) electrons. The molecule has 1 aliphatic rings. The average molecular weight is 235 g/mol. The second kappa shape index (κ2) is 5.72. The molecule has 2 rings (SSSR count). The summed E-state index contributed by atoms with van der Waals surface area (Å²) in [4.78, 5) is 22.0. The summed E-state index contributed by atoms with van der Waals surface area (Å²) in [6, 6.07) is 0.316. The minimum Gasteiger partial charge on any atom is -0.396 e. The fourth-order valence-corrected chi connectivity index (χ4v) is 1.95. The molecule has 1 N–H and O–H groups in total. The zero-order valence-electron chi connectivity index (χ0n) is 9.75. The minimum atomic E-state index is -0.0729. The van der Waals surface area contributed by atoms with Gasteiger partial charge in [-0.15, -0.1) is 0 Å². The molecule has 1 fully saturated rings. The Balaban J connectivity index is 2.06. The summed E-state index contributed by atoms with van der Waals surface area (Å²) in [5.41, 5.74) is 0.386. The van der Waals surface area contributed by atoms with Gasteiger partial charge in [-0.05, 0) is 25.7 Å². The third-order valence-electron chi connectivity index (χ3n) is 3.12. The number of aliphatic hydroxyl groups excluding tert-OH is 1. The number of aromatic nitrogens is 2. The van der Waals surface area contributed by atoms with Gasteiger partial charge in [0.15, 0.2) is 0 Å². The van der Waals surface area contributed by atoms with Crippen molar-refractivity contribution in [1.29, 1.82) is 0 Å². The van der Waals surface area contributed by atoms with Crippen molar-refractivity contribution in [2.24, 2.45) is 0 Å². The molecule has 0 aromatic carbocycles. The number of nitrogens with zero attached hydrogens (tertiary/aromatic N) is 3. The van der Waals surface area contributed by atoms with E-state index in [1.54, 1.807) is 6.20 Å². The highest BCUT2D eigenvalue weighted by Gasteiger charge is 2.29. The fourth-order valence-electron chi connectivity index (χ4n) is 1.95. The number of carbonyl (C=O) groups is 1. The molecular weight excluding hydrogens is 218 g/mol. The number of amides is 1. The Morgan fingerprint density at radius 3 is 2.82 bits per heavy atom. The molecule has 1 aromatic rings. The molecule has 1 aromatic heterocycles. The van der Waals surface area contributed by atoms with Gasteiger partial charge < -0.3 is 10.0 Å². The van der Waals surface area contributed by atoms with Gasteiger partial charge in [0.05, 0.1) is 6.20 Å². The van der Waals surface area contributed by atoms with Crippen LogP contribution in [-0.4, -0.2) is 45.1 Å². The summed E-state index contributed by atoms with van der Waals surface area (Å²) >= 11 is 0. The predicted octanol–water partition coefficient (Wildman–Crippen LogP) is 0.854. The molecule has 0 atom stereocenters. The SMILES string of the molecule is O=C(c1cnccn1)N(CCCO)C1CCC1. The molecule has 1 heterocycles. The summed E-state index contributed by atoms with van der Waals surface area (Å²) in [7, 11) is 0. The van der Waals surface area contributed by atoms with Crippen LogP contribution < -0.4 is 0 Å². The second-order valence-corrected chi connectivity index (χ2v) is 4.25. The van der Waals surface area contributed by atoms with Crippen LogP contribution in [0.3, 0.4) is 0 Å². The maximum atomic E-state index is 12.2. The Bertz CT molecular complexity index is 365. The number of aliphatic hydroxyl groups is 1. The van der Waals surface area contributed by atoms with E-state index in [0.29, 0.717) is 24.7 Å². The molecule has 1 saturated carbocycles. The summed E-state index contributed by atoms with van der Waals surface area (Å²) in [6.07, 6.45) is 8.47. The van der Waals surface area contributed by atoms with Crippen molar-refractivity contribution in [3.63, 3.8) is 0 Å². The molecule has 0 bridgehead atoms. The molecule has 0 aliphatic heterocycles. The van der Waals surface area contributed by atoms with Crippen molar-refractivity contribution in [2.75, 3.05) is 13.2 Å². The second-order valence-electron chi connectivity index (χ2n) is 4.25. The van der Waals surface area contributed by atoms with Crippen LogP contribution >= 0.6 is 0 Å². The Hall–Kier alpha value is -1.49. The molecule has 0 spiro atoms. The molecule has 1 aliphatic carbocycles. The van der Waals surface area contributed by atoms with E-state index in [2.05, 4.69) is 9.97 Å². The van der Waals surface area contributed by atoms with Crippen LogP contribution in [0.15, 0.2) is 18.6 Å². The van der Waals surface area contributed by atoms with Gasteiger partial charge in [0.2, 0.25) is 0 Å².